The van der Waals surface area contributed by atoms with Crippen molar-refractivity contribution in [2.45, 2.75) is 25.7 Å². The fourth-order valence-electron chi connectivity index (χ4n) is 2.73. The lowest BCUT2D eigenvalue weighted by molar-refractivity contribution is -0.132. The van der Waals surface area contributed by atoms with Crippen LogP contribution < -0.4 is 5.73 Å². The van der Waals surface area contributed by atoms with Crippen molar-refractivity contribution in [3.05, 3.63) is 34.6 Å². The Bertz CT molecular complexity index is 462. The molecule has 6 heteroatoms. The summed E-state index contributed by atoms with van der Waals surface area (Å²) in [5.74, 6) is -0.00567. The van der Waals surface area contributed by atoms with E-state index in [9.17, 15) is 9.18 Å². The molecule has 0 radical (unpaired) electrons. The second-order valence-corrected chi connectivity index (χ2v) is 5.71. The van der Waals surface area contributed by atoms with Gasteiger partial charge in [0.25, 0.3) is 0 Å². The monoisotopic (exact) mass is 334 g/mol. The fourth-order valence-corrected chi connectivity index (χ4v) is 2.96. The lowest BCUT2D eigenvalue weighted by Gasteiger charge is -2.32. The number of hydrogen-bond donors (Lipinski definition) is 1. The number of rotatable bonds is 4. The van der Waals surface area contributed by atoms with Crippen molar-refractivity contribution < 1.29 is 9.18 Å². The van der Waals surface area contributed by atoms with E-state index in [4.69, 9.17) is 17.3 Å². The summed E-state index contributed by atoms with van der Waals surface area (Å²) in [7, 11) is 0. The van der Waals surface area contributed by atoms with E-state index >= 15 is 0 Å². The topological polar surface area (TPSA) is 46.3 Å². The van der Waals surface area contributed by atoms with Crippen LogP contribution in [-0.2, 0) is 11.2 Å². The maximum absolute atomic E-state index is 13.7. The van der Waals surface area contributed by atoms with Gasteiger partial charge in [-0.3, -0.25) is 4.79 Å². The molecule has 0 spiro atoms. The zero-order chi connectivity index (χ0) is 14.5. The van der Waals surface area contributed by atoms with Gasteiger partial charge in [-0.25, -0.2) is 4.39 Å². The van der Waals surface area contributed by atoms with E-state index < -0.39 is 5.82 Å². The number of hydrogen-bond acceptors (Lipinski definition) is 2. The maximum atomic E-state index is 13.7. The molecule has 1 aromatic rings. The summed E-state index contributed by atoms with van der Waals surface area (Å²) in [4.78, 5) is 14.1. The van der Waals surface area contributed by atoms with Crippen LogP contribution in [-0.4, -0.2) is 30.4 Å². The summed E-state index contributed by atoms with van der Waals surface area (Å²) in [5, 5.41) is 0.314. The SMILES string of the molecule is Cl.NCCC1CCCN(C(=O)Cc2c(F)cccc2Cl)C1. The highest BCUT2D eigenvalue weighted by Gasteiger charge is 2.24. The van der Waals surface area contributed by atoms with Crippen LogP contribution in [0.4, 0.5) is 4.39 Å². The molecule has 1 fully saturated rings. The van der Waals surface area contributed by atoms with Crippen molar-refractivity contribution in [1.82, 2.24) is 4.90 Å². The molecule has 1 aliphatic rings. The number of piperidine rings is 1. The van der Waals surface area contributed by atoms with Crippen molar-refractivity contribution in [2.75, 3.05) is 19.6 Å². The Labute approximate surface area is 136 Å². The third-order valence-corrected chi connectivity index (χ3v) is 4.19. The highest BCUT2D eigenvalue weighted by atomic mass is 35.5. The Hall–Kier alpha value is -0.840. The summed E-state index contributed by atoms with van der Waals surface area (Å²) in [6, 6.07) is 4.49. The Morgan fingerprint density at radius 3 is 2.90 bits per heavy atom. The van der Waals surface area contributed by atoms with Crippen LogP contribution in [0.1, 0.15) is 24.8 Å². The molecule has 21 heavy (non-hydrogen) atoms. The molecule has 1 amide bonds. The molecule has 1 saturated heterocycles. The second kappa shape index (κ2) is 8.57. The maximum Gasteiger partial charge on any atom is 0.227 e. The van der Waals surface area contributed by atoms with Gasteiger partial charge >= 0.3 is 0 Å². The van der Waals surface area contributed by atoms with Gasteiger partial charge in [-0.15, -0.1) is 12.4 Å². The number of carbonyl (C=O) groups excluding carboxylic acids is 1. The van der Waals surface area contributed by atoms with Crippen LogP contribution in [0.25, 0.3) is 0 Å². The number of halogens is 3. The van der Waals surface area contributed by atoms with E-state index in [0.29, 0.717) is 23.0 Å². The third kappa shape index (κ3) is 4.83. The van der Waals surface area contributed by atoms with Gasteiger partial charge in [0.2, 0.25) is 5.91 Å². The molecule has 1 unspecified atom stereocenters. The van der Waals surface area contributed by atoms with E-state index in [1.807, 2.05) is 4.90 Å². The van der Waals surface area contributed by atoms with E-state index in [1.165, 1.54) is 6.07 Å². The highest BCUT2D eigenvalue weighted by molar-refractivity contribution is 6.31. The number of likely N-dealkylation sites (tertiary alicyclic amines) is 1. The first kappa shape index (κ1) is 18.2. The Kier molecular flexibility index (Phi) is 7.43. The van der Waals surface area contributed by atoms with Gasteiger partial charge < -0.3 is 10.6 Å². The summed E-state index contributed by atoms with van der Waals surface area (Å²) < 4.78 is 13.7. The van der Waals surface area contributed by atoms with E-state index in [2.05, 4.69) is 0 Å². The molecular formula is C15H21Cl2FN2O. The van der Waals surface area contributed by atoms with Crippen LogP contribution in [0.3, 0.4) is 0 Å². The summed E-state index contributed by atoms with van der Waals surface area (Å²) in [5.41, 5.74) is 5.87. The quantitative estimate of drug-likeness (QED) is 0.919. The molecule has 2 rings (SSSR count). The van der Waals surface area contributed by atoms with Crippen molar-refractivity contribution in [3.8, 4) is 0 Å². The number of benzene rings is 1. The lowest BCUT2D eigenvalue weighted by atomic mass is 9.94. The number of nitrogens with zero attached hydrogens (tertiary/aromatic N) is 1. The average Bonchev–Trinajstić information content (AvgIpc) is 2.43. The van der Waals surface area contributed by atoms with Crippen LogP contribution in [0, 0.1) is 11.7 Å². The molecule has 0 bridgehead atoms. The highest BCUT2D eigenvalue weighted by Crippen LogP contribution is 2.23. The van der Waals surface area contributed by atoms with Crippen LogP contribution in [0.5, 0.6) is 0 Å². The zero-order valence-electron chi connectivity index (χ0n) is 11.9. The van der Waals surface area contributed by atoms with Crippen LogP contribution in [0.15, 0.2) is 18.2 Å². The predicted molar refractivity (Wildman–Crippen MR) is 85.3 cm³/mol. The molecule has 3 nitrogen and oxygen atoms in total. The fraction of sp³-hybridized carbons (Fsp3) is 0.533. The molecule has 0 aromatic heterocycles. The van der Waals surface area contributed by atoms with Crippen molar-refractivity contribution in [2.24, 2.45) is 11.7 Å². The van der Waals surface area contributed by atoms with Gasteiger partial charge in [-0.05, 0) is 43.9 Å². The van der Waals surface area contributed by atoms with Crippen LogP contribution >= 0.6 is 24.0 Å². The van der Waals surface area contributed by atoms with Gasteiger partial charge in [0, 0.05) is 23.7 Å². The summed E-state index contributed by atoms with van der Waals surface area (Å²) >= 11 is 5.96. The first-order valence-corrected chi connectivity index (χ1v) is 7.40. The minimum atomic E-state index is -0.415. The second-order valence-electron chi connectivity index (χ2n) is 5.30. The zero-order valence-corrected chi connectivity index (χ0v) is 13.4. The van der Waals surface area contributed by atoms with Crippen molar-refractivity contribution in [3.63, 3.8) is 0 Å². The molecule has 1 atom stereocenters. The first-order valence-electron chi connectivity index (χ1n) is 7.02. The predicted octanol–water partition coefficient (Wildman–Crippen LogP) is 3.03. The molecule has 2 N–H and O–H groups in total. The third-order valence-electron chi connectivity index (χ3n) is 3.84. The minimum Gasteiger partial charge on any atom is -0.342 e. The Morgan fingerprint density at radius 2 is 2.24 bits per heavy atom. The largest absolute Gasteiger partial charge is 0.342 e. The Balaban J connectivity index is 0.00000220. The molecule has 0 aliphatic carbocycles. The van der Waals surface area contributed by atoms with Gasteiger partial charge in [-0.1, -0.05) is 17.7 Å². The number of nitrogens with two attached hydrogens (primary N) is 1. The first-order chi connectivity index (χ1) is 9.61. The van der Waals surface area contributed by atoms with Gasteiger partial charge in [0.05, 0.1) is 6.42 Å². The van der Waals surface area contributed by atoms with Crippen molar-refractivity contribution >= 4 is 29.9 Å². The van der Waals surface area contributed by atoms with Gasteiger partial charge in [-0.2, -0.15) is 0 Å². The number of amides is 1. The number of carbonyl (C=O) groups is 1. The summed E-state index contributed by atoms with van der Waals surface area (Å²) in [6.45, 7) is 2.11. The van der Waals surface area contributed by atoms with Gasteiger partial charge in [0.1, 0.15) is 5.82 Å². The normalized spacial score (nSPS) is 18.2. The van der Waals surface area contributed by atoms with Crippen LogP contribution in [0.2, 0.25) is 5.02 Å². The van der Waals surface area contributed by atoms with E-state index in [-0.39, 0.29) is 24.7 Å². The molecular weight excluding hydrogens is 314 g/mol. The smallest absolute Gasteiger partial charge is 0.227 e. The minimum absolute atomic E-state index is 0. The molecule has 1 heterocycles. The van der Waals surface area contributed by atoms with Gasteiger partial charge in [0.15, 0.2) is 0 Å². The summed E-state index contributed by atoms with van der Waals surface area (Å²) in [6.07, 6.45) is 3.06. The standard InChI is InChI=1S/C15H20ClFN2O.ClH/c16-13-4-1-5-14(17)12(13)9-15(20)19-8-2-3-11(10-19)6-7-18;/h1,4-5,11H,2-3,6-10,18H2;1H. The van der Waals surface area contributed by atoms with E-state index in [0.717, 1.165) is 32.4 Å². The Morgan fingerprint density at radius 1 is 1.48 bits per heavy atom. The molecule has 1 aromatic carbocycles. The van der Waals surface area contributed by atoms with Crippen molar-refractivity contribution in [1.29, 1.82) is 0 Å². The molecule has 0 saturated carbocycles. The lowest BCUT2D eigenvalue weighted by Crippen LogP contribution is -2.41. The molecule has 118 valence electrons. The van der Waals surface area contributed by atoms with E-state index in [1.54, 1.807) is 12.1 Å². The molecule has 1 aliphatic heterocycles. The average molecular weight is 335 g/mol.